The summed E-state index contributed by atoms with van der Waals surface area (Å²) >= 11 is 2.62. The first kappa shape index (κ1) is 30.1. The fraction of sp³-hybridized carbons (Fsp3) is 0.593. The highest BCUT2D eigenvalue weighted by Gasteiger charge is 2.60. The van der Waals surface area contributed by atoms with Crippen molar-refractivity contribution in [2.45, 2.75) is 90.9 Å². The molecular formula is C27H34N2O9S2. The van der Waals surface area contributed by atoms with Gasteiger partial charge in [0.05, 0.1) is 34.1 Å². The van der Waals surface area contributed by atoms with Crippen LogP contribution in [0.5, 0.6) is 0 Å². The number of aliphatic hydroxyl groups excluding tert-OH is 1. The first-order valence-electron chi connectivity index (χ1n) is 13.3. The zero-order valence-electron chi connectivity index (χ0n) is 22.9. The van der Waals surface area contributed by atoms with Gasteiger partial charge in [-0.3, -0.25) is 9.59 Å². The van der Waals surface area contributed by atoms with Crippen molar-refractivity contribution in [3.05, 3.63) is 32.1 Å². The summed E-state index contributed by atoms with van der Waals surface area (Å²) in [5.41, 5.74) is 2.31. The summed E-state index contributed by atoms with van der Waals surface area (Å²) in [4.78, 5) is 56.6. The Morgan fingerprint density at radius 2 is 1.95 bits per heavy atom. The molecule has 1 N–H and O–H groups in total. The second-order valence-corrected chi connectivity index (χ2v) is 11.9. The Balaban J connectivity index is 1.47. The van der Waals surface area contributed by atoms with Crippen LogP contribution in [0.2, 0.25) is 0 Å². The molecule has 4 rings (SSSR count). The van der Waals surface area contributed by atoms with E-state index >= 15 is 0 Å². The second-order valence-electron chi connectivity index (χ2n) is 10.0. The standard InChI is InChI=1S/C27H34N2O9S2/c1-14-22-21(15(2)30)25(32)29(22)23(24(14)39-11-10-20-19(28-13-40-20)12-35-16(3)31)26(33)36-17(4)37-27(34)38-18-8-6-5-7-9-18/h10-11,13-15,17-18,21-22,30H,5-9,12H2,1-4H3/b11-10-/t14-,15-,17?,21-,22-/m1/s1. The molecule has 5 atom stereocenters. The minimum Gasteiger partial charge on any atom is -0.459 e. The largest absolute Gasteiger partial charge is 0.511 e. The van der Waals surface area contributed by atoms with Gasteiger partial charge in [0.2, 0.25) is 12.2 Å². The number of esters is 2. The highest BCUT2D eigenvalue weighted by Crippen LogP contribution is 2.51. The summed E-state index contributed by atoms with van der Waals surface area (Å²) in [5, 5.41) is 12.0. The Morgan fingerprint density at radius 1 is 1.23 bits per heavy atom. The molecule has 1 saturated heterocycles. The number of ether oxygens (including phenoxy) is 4. The molecule has 3 aliphatic rings. The summed E-state index contributed by atoms with van der Waals surface area (Å²) in [7, 11) is 0. The van der Waals surface area contributed by atoms with Gasteiger partial charge in [0.1, 0.15) is 18.4 Å². The van der Waals surface area contributed by atoms with Gasteiger partial charge < -0.3 is 29.0 Å². The van der Waals surface area contributed by atoms with Crippen LogP contribution in [0.4, 0.5) is 4.79 Å². The lowest BCUT2D eigenvalue weighted by atomic mass is 9.79. The Labute approximate surface area is 240 Å². The van der Waals surface area contributed by atoms with Crippen molar-refractivity contribution in [1.82, 2.24) is 9.88 Å². The third kappa shape index (κ3) is 6.69. The second kappa shape index (κ2) is 13.2. The Bertz CT molecular complexity index is 1190. The number of fused-ring (bicyclic) bond motifs is 1. The molecule has 1 saturated carbocycles. The molecule has 1 amide bonds. The molecule has 0 radical (unpaired) electrons. The van der Waals surface area contributed by atoms with Crippen molar-refractivity contribution in [3.63, 3.8) is 0 Å². The molecule has 3 heterocycles. The average molecular weight is 595 g/mol. The SMILES string of the molecule is CC(=O)OCc1ncsc1/C=C\SC1=C(C(=O)OC(C)OC(=O)OC2CCCCC2)N2C(=O)[C@H]([C@@H](C)O)[C@H]2[C@H]1C. The van der Waals surface area contributed by atoms with E-state index in [1.807, 2.05) is 6.92 Å². The molecule has 13 heteroatoms. The summed E-state index contributed by atoms with van der Waals surface area (Å²) < 4.78 is 21.0. The number of carbonyl (C=O) groups is 4. The van der Waals surface area contributed by atoms with Crippen LogP contribution in [-0.4, -0.2) is 63.5 Å². The van der Waals surface area contributed by atoms with Crippen LogP contribution in [0.25, 0.3) is 6.08 Å². The van der Waals surface area contributed by atoms with Crippen LogP contribution in [0.3, 0.4) is 0 Å². The molecule has 1 aromatic heterocycles. The van der Waals surface area contributed by atoms with Crippen LogP contribution in [0.15, 0.2) is 21.5 Å². The van der Waals surface area contributed by atoms with Crippen molar-refractivity contribution < 1.29 is 43.2 Å². The van der Waals surface area contributed by atoms with E-state index in [0.717, 1.165) is 37.0 Å². The topological polar surface area (TPSA) is 142 Å². The van der Waals surface area contributed by atoms with Gasteiger partial charge >= 0.3 is 18.1 Å². The molecule has 1 unspecified atom stereocenters. The monoisotopic (exact) mass is 594 g/mol. The van der Waals surface area contributed by atoms with Gasteiger partial charge in [-0.25, -0.2) is 14.6 Å². The number of thiazole rings is 1. The maximum atomic E-state index is 13.3. The quantitative estimate of drug-likeness (QED) is 0.179. The first-order valence-corrected chi connectivity index (χ1v) is 15.1. The molecular weight excluding hydrogens is 560 g/mol. The molecule has 2 aliphatic heterocycles. The van der Waals surface area contributed by atoms with Crippen LogP contribution >= 0.6 is 23.1 Å². The number of hydrogen-bond acceptors (Lipinski definition) is 12. The van der Waals surface area contributed by atoms with Crippen molar-refractivity contribution in [1.29, 1.82) is 0 Å². The van der Waals surface area contributed by atoms with E-state index in [2.05, 4.69) is 4.98 Å². The molecule has 1 aromatic rings. The first-order chi connectivity index (χ1) is 19.1. The van der Waals surface area contributed by atoms with Gasteiger partial charge in [0, 0.05) is 24.7 Å². The van der Waals surface area contributed by atoms with Gasteiger partial charge in [-0.2, -0.15) is 0 Å². The molecule has 0 aromatic carbocycles. The zero-order chi connectivity index (χ0) is 29.0. The molecule has 40 heavy (non-hydrogen) atoms. The Kier molecular flexibility index (Phi) is 9.90. The third-order valence-corrected chi connectivity index (χ3v) is 9.08. The lowest BCUT2D eigenvalue weighted by Crippen LogP contribution is -2.63. The molecule has 218 valence electrons. The van der Waals surface area contributed by atoms with Gasteiger partial charge in [-0.05, 0) is 44.1 Å². The van der Waals surface area contributed by atoms with Gasteiger partial charge in [0.15, 0.2) is 0 Å². The van der Waals surface area contributed by atoms with Crippen LogP contribution < -0.4 is 0 Å². The fourth-order valence-electron chi connectivity index (χ4n) is 5.24. The Hall–Kier alpha value is -2.90. The number of nitrogens with zero attached hydrogens (tertiary/aromatic N) is 2. The highest BCUT2D eigenvalue weighted by molar-refractivity contribution is 8.06. The number of aromatic nitrogens is 1. The number of carbonyl (C=O) groups excluding carboxylic acids is 4. The van der Waals surface area contributed by atoms with E-state index in [1.165, 1.54) is 41.8 Å². The van der Waals surface area contributed by atoms with Crippen LogP contribution in [-0.2, 0) is 39.9 Å². The van der Waals surface area contributed by atoms with Gasteiger partial charge in [0.25, 0.3) is 0 Å². The maximum Gasteiger partial charge on any atom is 0.511 e. The predicted molar refractivity (Wildman–Crippen MR) is 146 cm³/mol. The van der Waals surface area contributed by atoms with E-state index in [-0.39, 0.29) is 30.2 Å². The molecule has 0 spiro atoms. The van der Waals surface area contributed by atoms with Crippen molar-refractivity contribution >= 4 is 53.2 Å². The third-order valence-electron chi connectivity index (χ3n) is 7.15. The summed E-state index contributed by atoms with van der Waals surface area (Å²) in [6.45, 7) is 6.22. The van der Waals surface area contributed by atoms with E-state index in [0.29, 0.717) is 10.6 Å². The van der Waals surface area contributed by atoms with E-state index < -0.39 is 42.4 Å². The van der Waals surface area contributed by atoms with Gasteiger partial charge in [-0.15, -0.1) is 11.3 Å². The number of thioether (sulfide) groups is 1. The minimum atomic E-state index is -1.24. The summed E-state index contributed by atoms with van der Waals surface area (Å²) in [6, 6.07) is -0.402. The lowest BCUT2D eigenvalue weighted by molar-refractivity contribution is -0.174. The van der Waals surface area contributed by atoms with Crippen molar-refractivity contribution in [2.75, 3.05) is 0 Å². The molecule has 11 nitrogen and oxygen atoms in total. The summed E-state index contributed by atoms with van der Waals surface area (Å²) in [6.07, 6.45) is 3.19. The number of aliphatic hydroxyl groups is 1. The Morgan fingerprint density at radius 3 is 2.62 bits per heavy atom. The fourth-order valence-corrected chi connectivity index (χ4v) is 7.02. The van der Waals surface area contributed by atoms with Crippen LogP contribution in [0.1, 0.15) is 70.4 Å². The van der Waals surface area contributed by atoms with Crippen LogP contribution in [0, 0.1) is 11.8 Å². The normalized spacial score (nSPS) is 24.4. The number of hydrogen-bond donors (Lipinski definition) is 1. The number of amides is 1. The average Bonchev–Trinajstić information content (AvgIpc) is 3.43. The van der Waals surface area contributed by atoms with Gasteiger partial charge in [-0.1, -0.05) is 25.1 Å². The maximum absolute atomic E-state index is 13.3. The molecule has 1 aliphatic carbocycles. The van der Waals surface area contributed by atoms with E-state index in [4.69, 9.17) is 18.9 Å². The lowest BCUT2D eigenvalue weighted by Gasteiger charge is -2.46. The highest BCUT2D eigenvalue weighted by atomic mass is 32.2. The molecule has 0 bridgehead atoms. The van der Waals surface area contributed by atoms with Crippen molar-refractivity contribution in [2.24, 2.45) is 11.8 Å². The molecule has 2 fully saturated rings. The van der Waals surface area contributed by atoms with E-state index in [1.54, 1.807) is 23.9 Å². The number of β-lactam (4-membered cyclic amide) rings is 1. The zero-order valence-corrected chi connectivity index (χ0v) is 24.5. The minimum absolute atomic E-state index is 0.0430. The smallest absolute Gasteiger partial charge is 0.459 e. The van der Waals surface area contributed by atoms with Crippen molar-refractivity contribution in [3.8, 4) is 0 Å². The number of rotatable bonds is 10. The van der Waals surface area contributed by atoms with E-state index in [9.17, 15) is 24.3 Å². The summed E-state index contributed by atoms with van der Waals surface area (Å²) in [5.74, 6) is -2.49. The predicted octanol–water partition coefficient (Wildman–Crippen LogP) is 4.35.